The van der Waals surface area contributed by atoms with Gasteiger partial charge in [-0.25, -0.2) is 0 Å². The van der Waals surface area contributed by atoms with E-state index in [0.717, 1.165) is 0 Å². The SMILES string of the molecule is CC(C)[C@H]1COc2ccc(Cl)cc2C(=O)NCCCCN(C(=O)c2ccccc2Cl)CC(=O)N1. The zero-order valence-corrected chi connectivity index (χ0v) is 20.8. The van der Waals surface area contributed by atoms with Gasteiger partial charge in [0, 0.05) is 18.1 Å². The van der Waals surface area contributed by atoms with E-state index in [9.17, 15) is 14.4 Å². The molecular formula is C25H29Cl2N3O4. The summed E-state index contributed by atoms with van der Waals surface area (Å²) < 4.78 is 5.94. The van der Waals surface area contributed by atoms with Crippen LogP contribution in [0.5, 0.6) is 5.75 Å². The van der Waals surface area contributed by atoms with Crippen LogP contribution in [-0.2, 0) is 4.79 Å². The van der Waals surface area contributed by atoms with Crippen LogP contribution in [0.3, 0.4) is 0 Å². The van der Waals surface area contributed by atoms with Crippen molar-refractivity contribution in [2.75, 3.05) is 26.2 Å². The summed E-state index contributed by atoms with van der Waals surface area (Å²) in [6, 6.07) is 11.3. The Hall–Kier alpha value is -2.77. The number of benzene rings is 2. The Balaban J connectivity index is 1.83. The van der Waals surface area contributed by atoms with E-state index in [1.54, 1.807) is 42.5 Å². The van der Waals surface area contributed by atoms with Gasteiger partial charge in [0.1, 0.15) is 12.4 Å². The molecule has 0 radical (unpaired) electrons. The molecule has 7 nitrogen and oxygen atoms in total. The fraction of sp³-hybridized carbons (Fsp3) is 0.400. The predicted molar refractivity (Wildman–Crippen MR) is 133 cm³/mol. The number of carbonyl (C=O) groups excluding carboxylic acids is 3. The lowest BCUT2D eigenvalue weighted by Crippen LogP contribution is -2.48. The van der Waals surface area contributed by atoms with Gasteiger partial charge in [0.2, 0.25) is 5.91 Å². The lowest BCUT2D eigenvalue weighted by atomic mass is 10.1. The lowest BCUT2D eigenvalue weighted by molar-refractivity contribution is -0.123. The van der Waals surface area contributed by atoms with Crippen molar-refractivity contribution < 1.29 is 19.1 Å². The van der Waals surface area contributed by atoms with Gasteiger partial charge in [0.15, 0.2) is 0 Å². The molecule has 2 aromatic carbocycles. The average molecular weight is 506 g/mol. The average Bonchev–Trinajstić information content (AvgIpc) is 2.80. The Kier molecular flexibility index (Phi) is 9.19. The molecule has 3 amide bonds. The topological polar surface area (TPSA) is 87.7 Å². The number of ether oxygens (including phenoxy) is 1. The summed E-state index contributed by atoms with van der Waals surface area (Å²) in [5.41, 5.74) is 0.686. The molecule has 0 bridgehead atoms. The predicted octanol–water partition coefficient (Wildman–Crippen LogP) is 4.18. The van der Waals surface area contributed by atoms with Crippen LogP contribution in [0.25, 0.3) is 0 Å². The lowest BCUT2D eigenvalue weighted by Gasteiger charge is -2.26. The second kappa shape index (κ2) is 12.1. The number of rotatable bonds is 2. The molecular weight excluding hydrogens is 477 g/mol. The molecule has 0 aliphatic carbocycles. The molecule has 0 fully saturated rings. The molecule has 0 unspecified atom stereocenters. The van der Waals surface area contributed by atoms with Crippen molar-refractivity contribution in [3.05, 3.63) is 63.6 Å². The molecule has 182 valence electrons. The first-order valence-electron chi connectivity index (χ1n) is 11.3. The van der Waals surface area contributed by atoms with E-state index in [1.807, 2.05) is 13.8 Å². The largest absolute Gasteiger partial charge is 0.491 e. The number of carbonyl (C=O) groups is 3. The van der Waals surface area contributed by atoms with E-state index in [0.29, 0.717) is 52.9 Å². The molecule has 3 rings (SSSR count). The van der Waals surface area contributed by atoms with Crippen molar-refractivity contribution in [1.29, 1.82) is 0 Å². The minimum absolute atomic E-state index is 0.0527. The second-order valence-corrected chi connectivity index (χ2v) is 9.38. The smallest absolute Gasteiger partial charge is 0.255 e. The van der Waals surface area contributed by atoms with Crippen molar-refractivity contribution >= 4 is 40.9 Å². The van der Waals surface area contributed by atoms with Gasteiger partial charge >= 0.3 is 0 Å². The Morgan fingerprint density at radius 3 is 2.62 bits per heavy atom. The van der Waals surface area contributed by atoms with Gasteiger partial charge in [-0.3, -0.25) is 14.4 Å². The first-order chi connectivity index (χ1) is 16.3. The zero-order chi connectivity index (χ0) is 24.7. The summed E-state index contributed by atoms with van der Waals surface area (Å²) in [5.74, 6) is -0.442. The zero-order valence-electron chi connectivity index (χ0n) is 19.3. The molecule has 9 heteroatoms. The quantitative estimate of drug-likeness (QED) is 0.640. The van der Waals surface area contributed by atoms with E-state index in [-0.39, 0.29) is 42.8 Å². The number of halogens is 2. The number of fused-ring (bicyclic) bond motifs is 1. The third-order valence-electron chi connectivity index (χ3n) is 5.62. The van der Waals surface area contributed by atoms with Crippen molar-refractivity contribution in [2.24, 2.45) is 5.92 Å². The Labute approximate surface area is 209 Å². The van der Waals surface area contributed by atoms with E-state index >= 15 is 0 Å². The monoisotopic (exact) mass is 505 g/mol. The second-order valence-electron chi connectivity index (χ2n) is 8.54. The van der Waals surface area contributed by atoms with Gasteiger partial charge < -0.3 is 20.3 Å². The van der Waals surface area contributed by atoms with Crippen LogP contribution >= 0.6 is 23.2 Å². The van der Waals surface area contributed by atoms with E-state index in [4.69, 9.17) is 27.9 Å². The van der Waals surface area contributed by atoms with Gasteiger partial charge in [0.25, 0.3) is 11.8 Å². The van der Waals surface area contributed by atoms with E-state index in [2.05, 4.69) is 10.6 Å². The van der Waals surface area contributed by atoms with Gasteiger partial charge in [-0.15, -0.1) is 0 Å². The first kappa shape index (κ1) is 25.8. The van der Waals surface area contributed by atoms with E-state index < -0.39 is 0 Å². The minimum Gasteiger partial charge on any atom is -0.491 e. The van der Waals surface area contributed by atoms with Crippen LogP contribution in [0.15, 0.2) is 42.5 Å². The maximum Gasteiger partial charge on any atom is 0.255 e. The highest BCUT2D eigenvalue weighted by molar-refractivity contribution is 6.33. The van der Waals surface area contributed by atoms with Gasteiger partial charge in [-0.2, -0.15) is 0 Å². The third-order valence-corrected chi connectivity index (χ3v) is 6.19. The van der Waals surface area contributed by atoms with Crippen molar-refractivity contribution in [3.8, 4) is 5.75 Å². The molecule has 0 aromatic heterocycles. The van der Waals surface area contributed by atoms with Crippen molar-refractivity contribution in [3.63, 3.8) is 0 Å². The Morgan fingerprint density at radius 2 is 1.88 bits per heavy atom. The van der Waals surface area contributed by atoms with Crippen LogP contribution < -0.4 is 15.4 Å². The molecule has 0 saturated heterocycles. The highest BCUT2D eigenvalue weighted by Gasteiger charge is 2.24. The number of hydrogen-bond acceptors (Lipinski definition) is 4. The van der Waals surface area contributed by atoms with Crippen LogP contribution in [0.2, 0.25) is 10.0 Å². The fourth-order valence-electron chi connectivity index (χ4n) is 3.59. The fourth-order valence-corrected chi connectivity index (χ4v) is 3.98. The standard InChI is InChI=1S/C25H29Cl2N3O4/c1-16(2)21-15-34-22-10-9-17(26)13-19(22)24(32)28-11-5-6-12-30(14-23(31)29-21)25(33)18-7-3-4-8-20(18)27/h3-4,7-10,13,16,21H,5-6,11-12,14-15H2,1-2H3,(H,28,32)(H,29,31)/t21-/m1/s1. The van der Waals surface area contributed by atoms with Crippen LogP contribution in [0.1, 0.15) is 47.4 Å². The number of amides is 3. The van der Waals surface area contributed by atoms with Crippen molar-refractivity contribution in [2.45, 2.75) is 32.7 Å². The molecule has 1 heterocycles. The number of hydrogen-bond donors (Lipinski definition) is 2. The molecule has 1 aliphatic heterocycles. The summed E-state index contributed by atoms with van der Waals surface area (Å²) in [6.45, 7) is 4.73. The highest BCUT2D eigenvalue weighted by Crippen LogP contribution is 2.24. The molecule has 0 saturated carbocycles. The normalized spacial score (nSPS) is 18.1. The van der Waals surface area contributed by atoms with Gasteiger partial charge in [0.05, 0.1) is 28.7 Å². The van der Waals surface area contributed by atoms with Crippen LogP contribution in [-0.4, -0.2) is 54.9 Å². The summed E-state index contributed by atoms with van der Waals surface area (Å²) in [4.78, 5) is 40.3. The third kappa shape index (κ3) is 6.87. The molecule has 2 aromatic rings. The minimum atomic E-state index is -0.332. The number of nitrogens with one attached hydrogen (secondary N) is 2. The summed E-state index contributed by atoms with van der Waals surface area (Å²) in [5, 5.41) is 6.61. The molecule has 0 spiro atoms. The van der Waals surface area contributed by atoms with Crippen molar-refractivity contribution in [1.82, 2.24) is 15.5 Å². The summed E-state index contributed by atoms with van der Waals surface area (Å²) in [7, 11) is 0. The van der Waals surface area contributed by atoms with E-state index in [1.165, 1.54) is 4.90 Å². The Morgan fingerprint density at radius 1 is 1.12 bits per heavy atom. The van der Waals surface area contributed by atoms with Crippen LogP contribution in [0, 0.1) is 5.92 Å². The van der Waals surface area contributed by atoms with Gasteiger partial charge in [-0.1, -0.05) is 49.2 Å². The maximum absolute atomic E-state index is 13.2. The summed E-state index contributed by atoms with van der Waals surface area (Å²) in [6.07, 6.45) is 1.21. The molecule has 1 aliphatic rings. The molecule has 1 atom stereocenters. The highest BCUT2D eigenvalue weighted by atomic mass is 35.5. The summed E-state index contributed by atoms with van der Waals surface area (Å²) >= 11 is 12.3. The van der Waals surface area contributed by atoms with Gasteiger partial charge in [-0.05, 0) is 49.1 Å². The maximum atomic E-state index is 13.2. The molecule has 34 heavy (non-hydrogen) atoms. The van der Waals surface area contributed by atoms with Crippen LogP contribution in [0.4, 0.5) is 0 Å². The Bertz CT molecular complexity index is 1040. The number of nitrogens with zero attached hydrogens (tertiary/aromatic N) is 1. The molecule has 2 N–H and O–H groups in total. The first-order valence-corrected chi connectivity index (χ1v) is 12.1.